The Morgan fingerprint density at radius 3 is 2.50 bits per heavy atom. The minimum atomic E-state index is -0.127. The van der Waals surface area contributed by atoms with E-state index in [0.717, 1.165) is 31.7 Å². The molecule has 2 rings (SSSR count). The standard InChI is InChI=1S/C15H23NO2/c1-11(2)14-5-4-12(10-15(14)18-3)16-8-6-13(17)7-9-16/h4-5,10-11,13,17H,6-9H2,1-3H3. The SMILES string of the molecule is COc1cc(N2CCC(O)CC2)ccc1C(C)C. The molecule has 1 saturated heterocycles. The van der Waals surface area contributed by atoms with Gasteiger partial charge < -0.3 is 14.7 Å². The summed E-state index contributed by atoms with van der Waals surface area (Å²) in [6.07, 6.45) is 1.58. The van der Waals surface area contributed by atoms with E-state index in [0.29, 0.717) is 5.92 Å². The number of rotatable bonds is 3. The number of aliphatic hydroxyl groups excluding tert-OH is 1. The molecular formula is C15H23NO2. The van der Waals surface area contributed by atoms with Gasteiger partial charge in [0.05, 0.1) is 13.2 Å². The van der Waals surface area contributed by atoms with E-state index < -0.39 is 0 Å². The van der Waals surface area contributed by atoms with Gasteiger partial charge in [0.15, 0.2) is 0 Å². The molecule has 0 amide bonds. The molecule has 0 bridgehead atoms. The molecule has 100 valence electrons. The summed E-state index contributed by atoms with van der Waals surface area (Å²) in [6, 6.07) is 6.44. The molecule has 0 spiro atoms. The third-order valence-electron chi connectivity index (χ3n) is 3.67. The van der Waals surface area contributed by atoms with Crippen LogP contribution in [0.4, 0.5) is 5.69 Å². The Kier molecular flexibility index (Phi) is 4.12. The van der Waals surface area contributed by atoms with Gasteiger partial charge in [0.2, 0.25) is 0 Å². The van der Waals surface area contributed by atoms with Crippen LogP contribution in [0, 0.1) is 0 Å². The second kappa shape index (κ2) is 5.61. The molecule has 0 radical (unpaired) electrons. The molecule has 0 aliphatic carbocycles. The van der Waals surface area contributed by atoms with Gasteiger partial charge in [-0.3, -0.25) is 0 Å². The molecule has 1 fully saturated rings. The van der Waals surface area contributed by atoms with Gasteiger partial charge in [0.1, 0.15) is 5.75 Å². The minimum absolute atomic E-state index is 0.127. The lowest BCUT2D eigenvalue weighted by atomic mass is 10.0. The zero-order chi connectivity index (χ0) is 13.1. The number of hydrogen-bond acceptors (Lipinski definition) is 3. The highest BCUT2D eigenvalue weighted by molar-refractivity contribution is 5.54. The average molecular weight is 249 g/mol. The largest absolute Gasteiger partial charge is 0.496 e. The maximum Gasteiger partial charge on any atom is 0.124 e. The first-order valence-electron chi connectivity index (χ1n) is 6.72. The Morgan fingerprint density at radius 2 is 1.94 bits per heavy atom. The molecule has 1 aliphatic rings. The second-order valence-electron chi connectivity index (χ2n) is 5.30. The number of benzene rings is 1. The van der Waals surface area contributed by atoms with Crippen molar-refractivity contribution >= 4 is 5.69 Å². The molecule has 1 aliphatic heterocycles. The normalized spacial score (nSPS) is 17.3. The summed E-state index contributed by atoms with van der Waals surface area (Å²) in [4.78, 5) is 2.32. The molecule has 1 N–H and O–H groups in total. The van der Waals surface area contributed by atoms with Crippen molar-refractivity contribution in [1.82, 2.24) is 0 Å². The minimum Gasteiger partial charge on any atom is -0.496 e. The Bertz CT molecular complexity index is 395. The molecule has 0 saturated carbocycles. The van der Waals surface area contributed by atoms with E-state index in [2.05, 4.69) is 36.9 Å². The molecule has 1 aromatic rings. The topological polar surface area (TPSA) is 32.7 Å². The number of ether oxygens (including phenoxy) is 1. The highest BCUT2D eigenvalue weighted by Crippen LogP contribution is 2.31. The van der Waals surface area contributed by atoms with Gasteiger partial charge in [-0.25, -0.2) is 0 Å². The molecule has 3 nitrogen and oxygen atoms in total. The van der Waals surface area contributed by atoms with Crippen molar-refractivity contribution in [2.75, 3.05) is 25.1 Å². The molecule has 1 aromatic carbocycles. The summed E-state index contributed by atoms with van der Waals surface area (Å²) < 4.78 is 5.48. The van der Waals surface area contributed by atoms with Crippen molar-refractivity contribution in [3.63, 3.8) is 0 Å². The summed E-state index contributed by atoms with van der Waals surface area (Å²) in [6.45, 7) is 6.19. The van der Waals surface area contributed by atoms with Crippen molar-refractivity contribution in [2.24, 2.45) is 0 Å². The smallest absolute Gasteiger partial charge is 0.124 e. The summed E-state index contributed by atoms with van der Waals surface area (Å²) in [5, 5.41) is 9.54. The van der Waals surface area contributed by atoms with Crippen LogP contribution in [0.1, 0.15) is 38.2 Å². The number of anilines is 1. The first kappa shape index (κ1) is 13.2. The molecule has 1 heterocycles. The Balaban J connectivity index is 2.19. The van der Waals surface area contributed by atoms with E-state index in [1.165, 1.54) is 11.3 Å². The molecule has 3 heteroatoms. The number of hydrogen-bond donors (Lipinski definition) is 1. The van der Waals surface area contributed by atoms with Crippen LogP contribution < -0.4 is 9.64 Å². The van der Waals surface area contributed by atoms with Crippen molar-refractivity contribution < 1.29 is 9.84 Å². The van der Waals surface area contributed by atoms with Gasteiger partial charge in [0, 0.05) is 24.8 Å². The van der Waals surface area contributed by atoms with Crippen molar-refractivity contribution in [1.29, 1.82) is 0 Å². The molecular weight excluding hydrogens is 226 g/mol. The van der Waals surface area contributed by atoms with Gasteiger partial charge in [-0.05, 0) is 30.4 Å². The lowest BCUT2D eigenvalue weighted by Gasteiger charge is -2.32. The van der Waals surface area contributed by atoms with Crippen molar-refractivity contribution in [3.8, 4) is 5.75 Å². The van der Waals surface area contributed by atoms with Gasteiger partial charge in [-0.2, -0.15) is 0 Å². The molecule has 0 unspecified atom stereocenters. The summed E-state index contributed by atoms with van der Waals surface area (Å²) >= 11 is 0. The quantitative estimate of drug-likeness (QED) is 0.894. The highest BCUT2D eigenvalue weighted by atomic mass is 16.5. The van der Waals surface area contributed by atoms with Crippen LogP contribution in [0.25, 0.3) is 0 Å². The van der Waals surface area contributed by atoms with Crippen LogP contribution in [-0.4, -0.2) is 31.4 Å². The van der Waals surface area contributed by atoms with E-state index in [9.17, 15) is 5.11 Å². The van der Waals surface area contributed by atoms with Crippen LogP contribution in [0.2, 0.25) is 0 Å². The number of piperidine rings is 1. The third-order valence-corrected chi connectivity index (χ3v) is 3.67. The van der Waals surface area contributed by atoms with Gasteiger partial charge >= 0.3 is 0 Å². The maximum absolute atomic E-state index is 9.54. The fraction of sp³-hybridized carbons (Fsp3) is 0.600. The monoisotopic (exact) mass is 249 g/mol. The van der Waals surface area contributed by atoms with Crippen LogP contribution in [0.15, 0.2) is 18.2 Å². The number of nitrogens with zero attached hydrogens (tertiary/aromatic N) is 1. The fourth-order valence-electron chi connectivity index (χ4n) is 2.50. The van der Waals surface area contributed by atoms with E-state index in [1.807, 2.05) is 0 Å². The number of aliphatic hydroxyl groups is 1. The van der Waals surface area contributed by atoms with E-state index >= 15 is 0 Å². The van der Waals surface area contributed by atoms with Crippen LogP contribution in [0.3, 0.4) is 0 Å². The van der Waals surface area contributed by atoms with Gasteiger partial charge in [0.25, 0.3) is 0 Å². The lowest BCUT2D eigenvalue weighted by molar-refractivity contribution is 0.145. The number of methoxy groups -OCH3 is 1. The van der Waals surface area contributed by atoms with E-state index in [-0.39, 0.29) is 6.10 Å². The van der Waals surface area contributed by atoms with Gasteiger partial charge in [-0.15, -0.1) is 0 Å². The first-order valence-corrected chi connectivity index (χ1v) is 6.72. The summed E-state index contributed by atoms with van der Waals surface area (Å²) in [5.41, 5.74) is 2.45. The maximum atomic E-state index is 9.54. The summed E-state index contributed by atoms with van der Waals surface area (Å²) in [5.74, 6) is 1.44. The van der Waals surface area contributed by atoms with Crippen LogP contribution in [-0.2, 0) is 0 Å². The van der Waals surface area contributed by atoms with Crippen LogP contribution >= 0.6 is 0 Å². The lowest BCUT2D eigenvalue weighted by Crippen LogP contribution is -2.35. The predicted octanol–water partition coefficient (Wildman–Crippen LogP) is 2.78. The molecule has 0 aromatic heterocycles. The third kappa shape index (κ3) is 2.78. The molecule has 0 atom stereocenters. The second-order valence-corrected chi connectivity index (χ2v) is 5.30. The van der Waals surface area contributed by atoms with Crippen LogP contribution in [0.5, 0.6) is 5.75 Å². The van der Waals surface area contributed by atoms with E-state index in [4.69, 9.17) is 4.74 Å². The predicted molar refractivity (Wildman–Crippen MR) is 74.5 cm³/mol. The fourth-order valence-corrected chi connectivity index (χ4v) is 2.50. The van der Waals surface area contributed by atoms with Crippen molar-refractivity contribution in [3.05, 3.63) is 23.8 Å². The first-order chi connectivity index (χ1) is 8.61. The van der Waals surface area contributed by atoms with Crippen molar-refractivity contribution in [2.45, 2.75) is 38.7 Å². The zero-order valence-corrected chi connectivity index (χ0v) is 11.5. The highest BCUT2D eigenvalue weighted by Gasteiger charge is 2.18. The Hall–Kier alpha value is -1.22. The Labute approximate surface area is 109 Å². The average Bonchev–Trinajstić information content (AvgIpc) is 2.38. The molecule has 18 heavy (non-hydrogen) atoms. The zero-order valence-electron chi connectivity index (χ0n) is 11.5. The Morgan fingerprint density at radius 1 is 1.28 bits per heavy atom. The van der Waals surface area contributed by atoms with E-state index in [1.54, 1.807) is 7.11 Å². The summed E-state index contributed by atoms with van der Waals surface area (Å²) in [7, 11) is 1.73. The van der Waals surface area contributed by atoms with Gasteiger partial charge in [-0.1, -0.05) is 19.9 Å².